The first-order valence-corrected chi connectivity index (χ1v) is 6.85. The van der Waals surface area contributed by atoms with Gasteiger partial charge in [0.25, 0.3) is 5.91 Å². The van der Waals surface area contributed by atoms with Crippen LogP contribution in [-0.2, 0) is 0 Å². The summed E-state index contributed by atoms with van der Waals surface area (Å²) < 4.78 is 0.946. The van der Waals surface area contributed by atoms with Crippen LogP contribution in [0.1, 0.15) is 10.4 Å². The number of hydrogen-bond acceptors (Lipinski definition) is 3. The van der Waals surface area contributed by atoms with E-state index < -0.39 is 0 Å². The predicted molar refractivity (Wildman–Crippen MR) is 84.2 cm³/mol. The summed E-state index contributed by atoms with van der Waals surface area (Å²) in [5.74, 6) is -0.173. The monoisotopic (exact) mass is 331 g/mol. The second kappa shape index (κ2) is 6.86. The SMILES string of the molecule is C=CCNC(=O)c1cncc(Nc2ccccc2Br)c1. The quantitative estimate of drug-likeness (QED) is 0.824. The van der Waals surface area contributed by atoms with Crippen LogP contribution in [-0.4, -0.2) is 17.4 Å². The fraction of sp³-hybridized carbons (Fsp3) is 0.0667. The molecule has 0 saturated heterocycles. The normalized spacial score (nSPS) is 9.85. The van der Waals surface area contributed by atoms with Crippen LogP contribution in [0.15, 0.2) is 59.9 Å². The van der Waals surface area contributed by atoms with E-state index in [1.165, 1.54) is 6.20 Å². The van der Waals surface area contributed by atoms with E-state index in [0.717, 1.165) is 15.8 Å². The molecule has 0 unspecified atom stereocenters. The predicted octanol–water partition coefficient (Wildman–Crippen LogP) is 3.50. The van der Waals surface area contributed by atoms with Crippen molar-refractivity contribution >= 4 is 33.2 Å². The van der Waals surface area contributed by atoms with Crippen molar-refractivity contribution in [3.05, 3.63) is 65.4 Å². The van der Waals surface area contributed by atoms with Gasteiger partial charge in [-0.2, -0.15) is 0 Å². The molecule has 2 rings (SSSR count). The minimum atomic E-state index is -0.173. The topological polar surface area (TPSA) is 54.0 Å². The fourth-order valence-electron chi connectivity index (χ4n) is 1.62. The van der Waals surface area contributed by atoms with Gasteiger partial charge in [0.15, 0.2) is 0 Å². The fourth-order valence-corrected chi connectivity index (χ4v) is 2.00. The number of hydrogen-bond donors (Lipinski definition) is 2. The first-order valence-electron chi connectivity index (χ1n) is 6.06. The number of para-hydroxylation sites is 1. The summed E-state index contributed by atoms with van der Waals surface area (Å²) in [5.41, 5.74) is 2.17. The van der Waals surface area contributed by atoms with Gasteiger partial charge < -0.3 is 10.6 Å². The van der Waals surface area contributed by atoms with Crippen molar-refractivity contribution in [1.29, 1.82) is 0 Å². The molecule has 0 aliphatic carbocycles. The Labute approximate surface area is 126 Å². The summed E-state index contributed by atoms with van der Waals surface area (Å²) in [5, 5.41) is 5.93. The first kappa shape index (κ1) is 14.3. The Hall–Kier alpha value is -2.14. The number of halogens is 1. The maximum absolute atomic E-state index is 11.8. The second-order valence-corrected chi connectivity index (χ2v) is 4.92. The van der Waals surface area contributed by atoms with E-state index in [2.05, 4.69) is 38.1 Å². The number of nitrogens with zero attached hydrogens (tertiary/aromatic N) is 1. The van der Waals surface area contributed by atoms with E-state index in [1.807, 2.05) is 24.3 Å². The standard InChI is InChI=1S/C15H14BrN3O/c1-2-7-18-15(20)11-8-12(10-17-9-11)19-14-6-4-3-5-13(14)16/h2-6,8-10,19H,1,7H2,(H,18,20). The highest BCUT2D eigenvalue weighted by Crippen LogP contribution is 2.25. The van der Waals surface area contributed by atoms with Crippen LogP contribution in [0.2, 0.25) is 0 Å². The molecule has 1 aromatic heterocycles. The van der Waals surface area contributed by atoms with Crippen LogP contribution >= 0.6 is 15.9 Å². The molecular formula is C15H14BrN3O. The lowest BCUT2D eigenvalue weighted by Crippen LogP contribution is -2.23. The largest absolute Gasteiger partial charge is 0.353 e. The summed E-state index contributed by atoms with van der Waals surface area (Å²) >= 11 is 3.46. The smallest absolute Gasteiger partial charge is 0.253 e. The summed E-state index contributed by atoms with van der Waals surface area (Å²) in [6.45, 7) is 3.99. The molecule has 0 fully saturated rings. The minimum absolute atomic E-state index is 0.173. The molecule has 1 aromatic carbocycles. The van der Waals surface area contributed by atoms with Gasteiger partial charge in [0.2, 0.25) is 0 Å². The van der Waals surface area contributed by atoms with Crippen LogP contribution < -0.4 is 10.6 Å². The van der Waals surface area contributed by atoms with Crippen molar-refractivity contribution in [2.75, 3.05) is 11.9 Å². The molecule has 1 amide bonds. The molecule has 20 heavy (non-hydrogen) atoms. The number of rotatable bonds is 5. The Morgan fingerprint density at radius 1 is 1.35 bits per heavy atom. The molecule has 0 aliphatic heterocycles. The van der Waals surface area contributed by atoms with Gasteiger partial charge in [0.05, 0.1) is 23.1 Å². The molecule has 0 radical (unpaired) electrons. The molecule has 0 spiro atoms. The minimum Gasteiger partial charge on any atom is -0.353 e. The molecule has 102 valence electrons. The van der Waals surface area contributed by atoms with E-state index >= 15 is 0 Å². The van der Waals surface area contributed by atoms with Gasteiger partial charge in [-0.15, -0.1) is 6.58 Å². The number of benzene rings is 1. The van der Waals surface area contributed by atoms with Crippen LogP contribution in [0.25, 0.3) is 0 Å². The van der Waals surface area contributed by atoms with Gasteiger partial charge in [0, 0.05) is 17.2 Å². The van der Waals surface area contributed by atoms with Crippen molar-refractivity contribution in [3.8, 4) is 0 Å². The zero-order chi connectivity index (χ0) is 14.4. The van der Waals surface area contributed by atoms with Gasteiger partial charge in [-0.1, -0.05) is 18.2 Å². The summed E-state index contributed by atoms with van der Waals surface area (Å²) in [7, 11) is 0. The molecule has 5 heteroatoms. The van der Waals surface area contributed by atoms with E-state index in [-0.39, 0.29) is 5.91 Å². The van der Waals surface area contributed by atoms with Crippen LogP contribution in [0, 0.1) is 0 Å². The number of carbonyl (C=O) groups excluding carboxylic acids is 1. The van der Waals surface area contributed by atoms with Crippen molar-refractivity contribution < 1.29 is 4.79 Å². The summed E-state index contributed by atoms with van der Waals surface area (Å²) in [4.78, 5) is 15.9. The molecular weight excluding hydrogens is 318 g/mol. The second-order valence-electron chi connectivity index (χ2n) is 4.07. The van der Waals surface area contributed by atoms with E-state index in [0.29, 0.717) is 12.1 Å². The highest BCUT2D eigenvalue weighted by Gasteiger charge is 2.06. The van der Waals surface area contributed by atoms with Crippen LogP contribution in [0.5, 0.6) is 0 Å². The molecule has 4 nitrogen and oxygen atoms in total. The Kier molecular flexibility index (Phi) is 4.90. The van der Waals surface area contributed by atoms with Gasteiger partial charge in [-0.05, 0) is 34.1 Å². The molecule has 0 bridgehead atoms. The lowest BCUT2D eigenvalue weighted by atomic mass is 10.2. The Bertz CT molecular complexity index is 628. The number of amides is 1. The lowest BCUT2D eigenvalue weighted by Gasteiger charge is -2.09. The zero-order valence-corrected chi connectivity index (χ0v) is 12.4. The molecule has 2 aromatic rings. The number of pyridine rings is 1. The van der Waals surface area contributed by atoms with Crippen LogP contribution in [0.4, 0.5) is 11.4 Å². The third kappa shape index (κ3) is 3.68. The average Bonchev–Trinajstić information content (AvgIpc) is 2.47. The van der Waals surface area contributed by atoms with Gasteiger partial charge in [0.1, 0.15) is 0 Å². The maximum atomic E-state index is 11.8. The third-order valence-corrected chi connectivity index (χ3v) is 3.25. The summed E-state index contributed by atoms with van der Waals surface area (Å²) in [6.07, 6.45) is 4.84. The molecule has 0 aliphatic rings. The number of aromatic nitrogens is 1. The Morgan fingerprint density at radius 3 is 2.90 bits per heavy atom. The highest BCUT2D eigenvalue weighted by atomic mass is 79.9. The van der Waals surface area contributed by atoms with Crippen molar-refractivity contribution in [1.82, 2.24) is 10.3 Å². The Morgan fingerprint density at radius 2 is 2.15 bits per heavy atom. The number of anilines is 2. The number of nitrogens with one attached hydrogen (secondary N) is 2. The zero-order valence-electron chi connectivity index (χ0n) is 10.8. The molecule has 1 heterocycles. The summed E-state index contributed by atoms with van der Waals surface area (Å²) in [6, 6.07) is 9.50. The van der Waals surface area contributed by atoms with Crippen LogP contribution in [0.3, 0.4) is 0 Å². The van der Waals surface area contributed by atoms with Gasteiger partial charge in [-0.25, -0.2) is 0 Å². The van der Waals surface area contributed by atoms with Crippen molar-refractivity contribution in [3.63, 3.8) is 0 Å². The van der Waals surface area contributed by atoms with Crippen molar-refractivity contribution in [2.45, 2.75) is 0 Å². The molecule has 2 N–H and O–H groups in total. The maximum Gasteiger partial charge on any atom is 0.253 e. The first-order chi connectivity index (χ1) is 9.70. The van der Waals surface area contributed by atoms with Gasteiger partial charge >= 0.3 is 0 Å². The molecule has 0 saturated carbocycles. The third-order valence-electron chi connectivity index (χ3n) is 2.56. The van der Waals surface area contributed by atoms with E-state index in [9.17, 15) is 4.79 Å². The van der Waals surface area contributed by atoms with E-state index in [4.69, 9.17) is 0 Å². The lowest BCUT2D eigenvalue weighted by molar-refractivity contribution is 0.0957. The van der Waals surface area contributed by atoms with Gasteiger partial charge in [-0.3, -0.25) is 9.78 Å². The molecule has 0 atom stereocenters. The Balaban J connectivity index is 2.16. The average molecular weight is 332 g/mol. The highest BCUT2D eigenvalue weighted by molar-refractivity contribution is 9.10. The number of carbonyl (C=O) groups is 1. The van der Waals surface area contributed by atoms with E-state index in [1.54, 1.807) is 18.3 Å². The van der Waals surface area contributed by atoms with Crippen molar-refractivity contribution in [2.24, 2.45) is 0 Å².